The van der Waals surface area contributed by atoms with Gasteiger partial charge >= 0.3 is 0 Å². The Morgan fingerprint density at radius 3 is 2.40 bits per heavy atom. The van der Waals surface area contributed by atoms with E-state index >= 15 is 0 Å². The normalized spacial score (nSPS) is 24.1. The van der Waals surface area contributed by atoms with E-state index in [1.165, 1.54) is 32.1 Å². The molecule has 1 rings (SSSR count). The molecule has 0 heterocycles. The Labute approximate surface area is 62.8 Å². The van der Waals surface area contributed by atoms with Crippen LogP contribution in [0.2, 0.25) is 0 Å². The third-order valence-electron chi connectivity index (χ3n) is 2.37. The second-order valence-corrected chi connectivity index (χ2v) is 3.12. The van der Waals surface area contributed by atoms with E-state index in [0.717, 1.165) is 0 Å². The van der Waals surface area contributed by atoms with Gasteiger partial charge in [0.2, 0.25) is 0 Å². The standard InChI is InChI=1S/C9H16O/c1-2-9(10)8-6-4-3-5-7-8/h2,8-10H,1,3-7H2/t9-/m1/s1. The first-order chi connectivity index (χ1) is 4.84. The SMILES string of the molecule is C=C[C@@H](O)C1CCCCC1. The number of aliphatic hydroxyl groups is 1. The molecule has 1 saturated carbocycles. The zero-order valence-corrected chi connectivity index (χ0v) is 6.42. The van der Waals surface area contributed by atoms with Crippen LogP contribution in [0.1, 0.15) is 32.1 Å². The third-order valence-corrected chi connectivity index (χ3v) is 2.37. The zero-order valence-electron chi connectivity index (χ0n) is 6.42. The molecule has 1 aliphatic rings. The summed E-state index contributed by atoms with van der Waals surface area (Å²) in [6, 6.07) is 0. The van der Waals surface area contributed by atoms with Gasteiger partial charge in [-0.05, 0) is 18.8 Å². The van der Waals surface area contributed by atoms with Gasteiger partial charge in [0, 0.05) is 0 Å². The van der Waals surface area contributed by atoms with Crippen molar-refractivity contribution in [3.8, 4) is 0 Å². The first-order valence-electron chi connectivity index (χ1n) is 4.15. The average Bonchev–Trinajstić information content (AvgIpc) is 2.05. The van der Waals surface area contributed by atoms with Gasteiger partial charge in [-0.1, -0.05) is 25.3 Å². The van der Waals surface area contributed by atoms with Crippen molar-refractivity contribution in [3.05, 3.63) is 12.7 Å². The van der Waals surface area contributed by atoms with Crippen molar-refractivity contribution in [2.75, 3.05) is 0 Å². The average molecular weight is 140 g/mol. The molecule has 1 atom stereocenters. The van der Waals surface area contributed by atoms with Crippen molar-refractivity contribution >= 4 is 0 Å². The molecule has 1 heteroatoms. The van der Waals surface area contributed by atoms with E-state index in [2.05, 4.69) is 6.58 Å². The summed E-state index contributed by atoms with van der Waals surface area (Å²) in [5.74, 6) is 0.506. The van der Waals surface area contributed by atoms with Crippen LogP contribution in [0.3, 0.4) is 0 Å². The second kappa shape index (κ2) is 3.77. The molecule has 0 aromatic rings. The molecular weight excluding hydrogens is 124 g/mol. The number of aliphatic hydroxyl groups excluding tert-OH is 1. The van der Waals surface area contributed by atoms with Crippen molar-refractivity contribution in [1.29, 1.82) is 0 Å². The summed E-state index contributed by atoms with van der Waals surface area (Å²) < 4.78 is 0. The molecule has 1 aliphatic carbocycles. The van der Waals surface area contributed by atoms with Crippen molar-refractivity contribution in [2.24, 2.45) is 5.92 Å². The van der Waals surface area contributed by atoms with Crippen molar-refractivity contribution < 1.29 is 5.11 Å². The number of hydrogen-bond acceptors (Lipinski definition) is 1. The molecule has 0 unspecified atom stereocenters. The van der Waals surface area contributed by atoms with Crippen molar-refractivity contribution in [3.63, 3.8) is 0 Å². The van der Waals surface area contributed by atoms with Crippen LogP contribution in [0.5, 0.6) is 0 Å². The van der Waals surface area contributed by atoms with Crippen LogP contribution in [0, 0.1) is 5.92 Å². The van der Waals surface area contributed by atoms with Gasteiger partial charge in [-0.25, -0.2) is 0 Å². The Hall–Kier alpha value is -0.300. The van der Waals surface area contributed by atoms with Crippen molar-refractivity contribution in [1.82, 2.24) is 0 Å². The molecular formula is C9H16O. The van der Waals surface area contributed by atoms with Crippen LogP contribution in [0.15, 0.2) is 12.7 Å². The van der Waals surface area contributed by atoms with Gasteiger partial charge in [0.15, 0.2) is 0 Å². The Morgan fingerprint density at radius 2 is 1.90 bits per heavy atom. The summed E-state index contributed by atoms with van der Waals surface area (Å²) in [7, 11) is 0. The van der Waals surface area contributed by atoms with E-state index in [1.807, 2.05) is 0 Å². The monoisotopic (exact) mass is 140 g/mol. The lowest BCUT2D eigenvalue weighted by atomic mass is 9.85. The molecule has 0 aromatic heterocycles. The highest BCUT2D eigenvalue weighted by Gasteiger charge is 2.18. The fraction of sp³-hybridized carbons (Fsp3) is 0.778. The minimum absolute atomic E-state index is 0.250. The molecule has 0 aromatic carbocycles. The molecule has 0 spiro atoms. The molecule has 1 N–H and O–H groups in total. The minimum Gasteiger partial charge on any atom is -0.389 e. The lowest BCUT2D eigenvalue weighted by molar-refractivity contribution is 0.125. The van der Waals surface area contributed by atoms with Crippen LogP contribution in [-0.2, 0) is 0 Å². The molecule has 0 radical (unpaired) electrons. The molecule has 0 aliphatic heterocycles. The maximum absolute atomic E-state index is 9.36. The molecule has 0 bridgehead atoms. The fourth-order valence-corrected chi connectivity index (χ4v) is 1.67. The summed E-state index contributed by atoms with van der Waals surface area (Å²) in [6.45, 7) is 3.59. The van der Waals surface area contributed by atoms with Gasteiger partial charge in [0.05, 0.1) is 6.10 Å². The van der Waals surface area contributed by atoms with Crippen LogP contribution in [0.4, 0.5) is 0 Å². The van der Waals surface area contributed by atoms with E-state index < -0.39 is 0 Å². The van der Waals surface area contributed by atoms with Gasteiger partial charge in [-0.2, -0.15) is 0 Å². The van der Waals surface area contributed by atoms with Crippen LogP contribution < -0.4 is 0 Å². The molecule has 58 valence electrons. The van der Waals surface area contributed by atoms with E-state index in [9.17, 15) is 5.11 Å². The first-order valence-corrected chi connectivity index (χ1v) is 4.15. The Balaban J connectivity index is 2.30. The summed E-state index contributed by atoms with van der Waals surface area (Å²) in [4.78, 5) is 0. The van der Waals surface area contributed by atoms with E-state index in [-0.39, 0.29) is 6.10 Å². The summed E-state index contributed by atoms with van der Waals surface area (Å²) in [6.07, 6.45) is 7.71. The first kappa shape index (κ1) is 7.80. The molecule has 1 nitrogen and oxygen atoms in total. The molecule has 0 saturated heterocycles. The topological polar surface area (TPSA) is 20.2 Å². The minimum atomic E-state index is -0.250. The highest BCUT2D eigenvalue weighted by atomic mass is 16.3. The molecule has 0 amide bonds. The Morgan fingerprint density at radius 1 is 1.30 bits per heavy atom. The maximum Gasteiger partial charge on any atom is 0.0746 e. The summed E-state index contributed by atoms with van der Waals surface area (Å²) in [5, 5.41) is 9.36. The summed E-state index contributed by atoms with van der Waals surface area (Å²) in [5.41, 5.74) is 0. The highest BCUT2D eigenvalue weighted by Crippen LogP contribution is 2.26. The van der Waals surface area contributed by atoms with Gasteiger partial charge < -0.3 is 5.11 Å². The molecule has 10 heavy (non-hydrogen) atoms. The second-order valence-electron chi connectivity index (χ2n) is 3.12. The summed E-state index contributed by atoms with van der Waals surface area (Å²) >= 11 is 0. The van der Waals surface area contributed by atoms with Crippen LogP contribution in [-0.4, -0.2) is 11.2 Å². The Bertz CT molecular complexity index is 103. The predicted octanol–water partition coefficient (Wildman–Crippen LogP) is 2.11. The van der Waals surface area contributed by atoms with E-state index in [1.54, 1.807) is 6.08 Å². The van der Waals surface area contributed by atoms with Crippen molar-refractivity contribution in [2.45, 2.75) is 38.2 Å². The number of rotatable bonds is 2. The maximum atomic E-state index is 9.36. The van der Waals surface area contributed by atoms with Gasteiger partial charge in [0.25, 0.3) is 0 Å². The van der Waals surface area contributed by atoms with Gasteiger partial charge in [-0.15, -0.1) is 6.58 Å². The zero-order chi connectivity index (χ0) is 7.40. The fourth-order valence-electron chi connectivity index (χ4n) is 1.67. The smallest absolute Gasteiger partial charge is 0.0746 e. The Kier molecular flexibility index (Phi) is 2.94. The van der Waals surface area contributed by atoms with E-state index in [4.69, 9.17) is 0 Å². The van der Waals surface area contributed by atoms with Crippen LogP contribution >= 0.6 is 0 Å². The van der Waals surface area contributed by atoms with Gasteiger partial charge in [0.1, 0.15) is 0 Å². The quantitative estimate of drug-likeness (QED) is 0.582. The molecule has 1 fully saturated rings. The highest BCUT2D eigenvalue weighted by molar-refractivity contribution is 4.85. The van der Waals surface area contributed by atoms with Crippen LogP contribution in [0.25, 0.3) is 0 Å². The van der Waals surface area contributed by atoms with Gasteiger partial charge in [-0.3, -0.25) is 0 Å². The van der Waals surface area contributed by atoms with E-state index in [0.29, 0.717) is 5.92 Å². The predicted molar refractivity (Wildman–Crippen MR) is 42.8 cm³/mol. The number of hydrogen-bond donors (Lipinski definition) is 1. The largest absolute Gasteiger partial charge is 0.389 e. The lowest BCUT2D eigenvalue weighted by Crippen LogP contribution is -2.20. The lowest BCUT2D eigenvalue weighted by Gasteiger charge is -2.24. The third kappa shape index (κ3) is 1.84.